The van der Waals surface area contributed by atoms with Crippen molar-refractivity contribution in [1.29, 1.82) is 0 Å². The third kappa shape index (κ3) is 1.30. The molecule has 3 atom stereocenters. The Morgan fingerprint density at radius 2 is 1.75 bits per heavy atom. The molecule has 0 aromatic heterocycles. The van der Waals surface area contributed by atoms with Crippen LogP contribution in [0, 0.1) is 26.7 Å². The zero-order chi connectivity index (χ0) is 11.3. The van der Waals surface area contributed by atoms with E-state index in [-0.39, 0.29) is 12.4 Å². The highest BCUT2D eigenvalue weighted by molar-refractivity contribution is 5.41. The van der Waals surface area contributed by atoms with Crippen molar-refractivity contribution in [1.82, 2.24) is 0 Å². The van der Waals surface area contributed by atoms with Crippen molar-refractivity contribution >= 4 is 0 Å². The SMILES string of the molecule is Cc1cc(C)c([C@@H]2O[C@H]3OC=C[C@H]32)c(C)c1. The lowest BCUT2D eigenvalue weighted by Crippen LogP contribution is -2.40. The first-order valence-electron chi connectivity index (χ1n) is 5.72. The molecule has 0 spiro atoms. The van der Waals surface area contributed by atoms with Gasteiger partial charge in [-0.15, -0.1) is 0 Å². The molecule has 2 aliphatic rings. The van der Waals surface area contributed by atoms with Crippen molar-refractivity contribution in [2.45, 2.75) is 33.2 Å². The van der Waals surface area contributed by atoms with E-state index in [9.17, 15) is 0 Å². The number of benzene rings is 1. The molecule has 84 valence electrons. The lowest BCUT2D eigenvalue weighted by molar-refractivity contribution is -0.258. The minimum absolute atomic E-state index is 0.0369. The normalized spacial score (nSPS) is 30.8. The lowest BCUT2D eigenvalue weighted by atomic mass is 9.85. The largest absolute Gasteiger partial charge is 0.472 e. The minimum Gasteiger partial charge on any atom is -0.472 e. The molecular formula is C14H16O2. The molecule has 2 heteroatoms. The Kier molecular flexibility index (Phi) is 2.08. The van der Waals surface area contributed by atoms with Gasteiger partial charge in [0, 0.05) is 0 Å². The average Bonchev–Trinajstić information content (AvgIpc) is 2.52. The maximum atomic E-state index is 5.77. The van der Waals surface area contributed by atoms with Gasteiger partial charge in [-0.1, -0.05) is 17.7 Å². The first kappa shape index (κ1) is 9.91. The van der Waals surface area contributed by atoms with E-state index >= 15 is 0 Å². The predicted molar refractivity (Wildman–Crippen MR) is 62.0 cm³/mol. The van der Waals surface area contributed by atoms with Crippen molar-refractivity contribution in [2.24, 2.45) is 5.92 Å². The van der Waals surface area contributed by atoms with Crippen LogP contribution in [0.1, 0.15) is 28.4 Å². The summed E-state index contributed by atoms with van der Waals surface area (Å²) in [6, 6.07) is 4.44. The van der Waals surface area contributed by atoms with E-state index in [1.54, 1.807) is 6.26 Å². The maximum Gasteiger partial charge on any atom is 0.208 e. The number of hydrogen-bond donors (Lipinski definition) is 0. The smallest absolute Gasteiger partial charge is 0.208 e. The fraction of sp³-hybridized carbons (Fsp3) is 0.429. The summed E-state index contributed by atoms with van der Waals surface area (Å²) >= 11 is 0. The Bertz CT molecular complexity index is 439. The summed E-state index contributed by atoms with van der Waals surface area (Å²) < 4.78 is 11.1. The van der Waals surface area contributed by atoms with Crippen molar-refractivity contribution in [3.8, 4) is 0 Å². The molecule has 0 aliphatic carbocycles. The molecular weight excluding hydrogens is 200 g/mol. The van der Waals surface area contributed by atoms with E-state index in [2.05, 4.69) is 39.0 Å². The number of hydrogen-bond acceptors (Lipinski definition) is 2. The molecule has 0 saturated carbocycles. The summed E-state index contributed by atoms with van der Waals surface area (Å²) in [7, 11) is 0. The highest BCUT2D eigenvalue weighted by Gasteiger charge is 2.46. The standard InChI is InChI=1S/C14H16O2/c1-8-6-9(2)12(10(3)7-8)13-11-4-5-15-14(11)16-13/h4-7,11,13-14H,1-3H3/t11-,13+,14+/m0/s1. The van der Waals surface area contributed by atoms with Crippen LogP contribution >= 0.6 is 0 Å². The molecule has 0 radical (unpaired) electrons. The van der Waals surface area contributed by atoms with Gasteiger partial charge in [-0.3, -0.25) is 0 Å². The number of ether oxygens (including phenoxy) is 2. The van der Waals surface area contributed by atoms with Gasteiger partial charge in [-0.05, 0) is 43.5 Å². The summed E-state index contributed by atoms with van der Waals surface area (Å²) in [4.78, 5) is 0. The van der Waals surface area contributed by atoms with Gasteiger partial charge in [0.15, 0.2) is 0 Å². The minimum atomic E-state index is -0.0369. The van der Waals surface area contributed by atoms with Crippen molar-refractivity contribution in [2.75, 3.05) is 0 Å². The third-order valence-corrected chi connectivity index (χ3v) is 3.48. The summed E-state index contributed by atoms with van der Waals surface area (Å²) in [6.07, 6.45) is 4.01. The van der Waals surface area contributed by atoms with Gasteiger partial charge in [-0.25, -0.2) is 0 Å². The van der Waals surface area contributed by atoms with E-state index in [1.165, 1.54) is 22.3 Å². The second-order valence-corrected chi connectivity index (χ2v) is 4.78. The van der Waals surface area contributed by atoms with E-state index in [0.717, 1.165) is 0 Å². The van der Waals surface area contributed by atoms with Crippen LogP contribution in [0.3, 0.4) is 0 Å². The van der Waals surface area contributed by atoms with Crippen LogP contribution in [0.2, 0.25) is 0 Å². The lowest BCUT2D eigenvalue weighted by Gasteiger charge is -2.40. The van der Waals surface area contributed by atoms with E-state index in [1.807, 2.05) is 0 Å². The first-order chi connectivity index (χ1) is 7.66. The monoisotopic (exact) mass is 216 g/mol. The molecule has 1 fully saturated rings. The number of rotatable bonds is 1. The van der Waals surface area contributed by atoms with E-state index < -0.39 is 0 Å². The zero-order valence-corrected chi connectivity index (χ0v) is 9.86. The topological polar surface area (TPSA) is 18.5 Å². The Morgan fingerprint density at radius 1 is 1.06 bits per heavy atom. The summed E-state index contributed by atoms with van der Waals surface area (Å²) in [5, 5.41) is 0. The van der Waals surface area contributed by atoms with Gasteiger partial charge in [0.1, 0.15) is 0 Å². The number of aryl methyl sites for hydroxylation is 3. The van der Waals surface area contributed by atoms with Gasteiger partial charge in [0.25, 0.3) is 0 Å². The van der Waals surface area contributed by atoms with Crippen molar-refractivity contribution in [3.05, 3.63) is 46.7 Å². The predicted octanol–water partition coefficient (Wildman–Crippen LogP) is 3.17. The van der Waals surface area contributed by atoms with Crippen molar-refractivity contribution in [3.63, 3.8) is 0 Å². The molecule has 3 rings (SSSR count). The quantitative estimate of drug-likeness (QED) is 0.718. The van der Waals surface area contributed by atoms with Gasteiger partial charge in [0.2, 0.25) is 6.29 Å². The molecule has 2 nitrogen and oxygen atoms in total. The second kappa shape index (κ2) is 3.36. The fourth-order valence-electron chi connectivity index (χ4n) is 2.81. The van der Waals surface area contributed by atoms with Gasteiger partial charge in [0.05, 0.1) is 18.3 Å². The molecule has 0 unspecified atom stereocenters. The van der Waals surface area contributed by atoms with Crippen LogP contribution in [-0.4, -0.2) is 6.29 Å². The van der Waals surface area contributed by atoms with Crippen LogP contribution in [-0.2, 0) is 9.47 Å². The maximum absolute atomic E-state index is 5.77. The number of fused-ring (bicyclic) bond motifs is 1. The van der Waals surface area contributed by atoms with Crippen LogP contribution in [0.25, 0.3) is 0 Å². The zero-order valence-electron chi connectivity index (χ0n) is 9.86. The summed E-state index contributed by atoms with van der Waals surface area (Å²) in [6.45, 7) is 6.45. The highest BCUT2D eigenvalue weighted by Crippen LogP contribution is 2.47. The first-order valence-corrected chi connectivity index (χ1v) is 5.72. The highest BCUT2D eigenvalue weighted by atomic mass is 16.7. The molecule has 1 aromatic rings. The molecule has 2 heterocycles. The van der Waals surface area contributed by atoms with Crippen LogP contribution in [0.15, 0.2) is 24.5 Å². The molecule has 0 bridgehead atoms. The molecule has 0 amide bonds. The van der Waals surface area contributed by atoms with Crippen molar-refractivity contribution < 1.29 is 9.47 Å². The molecule has 0 N–H and O–H groups in total. The van der Waals surface area contributed by atoms with Crippen LogP contribution in [0.5, 0.6) is 0 Å². The molecule has 1 aromatic carbocycles. The third-order valence-electron chi connectivity index (χ3n) is 3.48. The van der Waals surface area contributed by atoms with Crippen LogP contribution in [0.4, 0.5) is 0 Å². The fourth-order valence-corrected chi connectivity index (χ4v) is 2.81. The molecule has 16 heavy (non-hydrogen) atoms. The van der Waals surface area contributed by atoms with Gasteiger partial charge >= 0.3 is 0 Å². The Morgan fingerprint density at radius 3 is 2.38 bits per heavy atom. The Hall–Kier alpha value is -1.28. The Labute approximate surface area is 95.9 Å². The van der Waals surface area contributed by atoms with E-state index in [0.29, 0.717) is 5.92 Å². The van der Waals surface area contributed by atoms with Crippen LogP contribution < -0.4 is 0 Å². The van der Waals surface area contributed by atoms with Gasteiger partial charge in [-0.2, -0.15) is 0 Å². The average molecular weight is 216 g/mol. The molecule has 2 aliphatic heterocycles. The Balaban J connectivity index is 1.98. The summed E-state index contributed by atoms with van der Waals surface area (Å²) in [5.41, 5.74) is 5.29. The molecule has 1 saturated heterocycles. The second-order valence-electron chi connectivity index (χ2n) is 4.78. The van der Waals surface area contributed by atoms with Gasteiger partial charge < -0.3 is 9.47 Å². The summed E-state index contributed by atoms with van der Waals surface area (Å²) in [5.74, 6) is 0.403. The van der Waals surface area contributed by atoms with E-state index in [4.69, 9.17) is 9.47 Å².